The summed E-state index contributed by atoms with van der Waals surface area (Å²) in [5.41, 5.74) is -0.546. The molecule has 0 saturated carbocycles. The Hall–Kier alpha value is -2.41. The van der Waals surface area contributed by atoms with Crippen LogP contribution in [0.2, 0.25) is 0 Å². The molecule has 0 unspecified atom stereocenters. The molecule has 7 heteroatoms. The van der Waals surface area contributed by atoms with E-state index in [0.717, 1.165) is 4.88 Å². The molecular weight excluding hydrogens is 338 g/mol. The van der Waals surface area contributed by atoms with Crippen LogP contribution in [-0.4, -0.2) is 47.9 Å². The zero-order valence-corrected chi connectivity index (χ0v) is 14.5. The van der Waals surface area contributed by atoms with Gasteiger partial charge in [-0.25, -0.2) is 0 Å². The van der Waals surface area contributed by atoms with E-state index in [0.29, 0.717) is 38.4 Å². The van der Waals surface area contributed by atoms with Crippen molar-refractivity contribution >= 4 is 23.2 Å². The fourth-order valence-electron chi connectivity index (χ4n) is 3.70. The van der Waals surface area contributed by atoms with E-state index in [1.54, 1.807) is 17.3 Å². The standard InChI is InChI=1S/C18H19N3O3S/c22-16(15-4-2-8-25-15)21-7-5-18(12-21)13(9-20-17(18)23)11-24-14-3-1-6-19-10-14/h1-4,6,8,10,13H,5,7,9,11-12H2,(H,20,23)/t13-,18-/m0/s1. The van der Waals surface area contributed by atoms with Crippen molar-refractivity contribution in [1.82, 2.24) is 15.2 Å². The lowest BCUT2D eigenvalue weighted by Gasteiger charge is -2.28. The van der Waals surface area contributed by atoms with E-state index < -0.39 is 5.41 Å². The Morgan fingerprint density at radius 1 is 1.44 bits per heavy atom. The Balaban J connectivity index is 1.47. The number of ether oxygens (including phenoxy) is 1. The average Bonchev–Trinajstić information content (AvgIpc) is 3.37. The maximum atomic E-state index is 12.6. The number of nitrogens with one attached hydrogen (secondary N) is 1. The molecule has 25 heavy (non-hydrogen) atoms. The minimum Gasteiger partial charge on any atom is -0.492 e. The normalized spacial score (nSPS) is 25.4. The van der Waals surface area contributed by atoms with E-state index in [-0.39, 0.29) is 17.7 Å². The number of amides is 2. The lowest BCUT2D eigenvalue weighted by atomic mass is 9.77. The van der Waals surface area contributed by atoms with Crippen LogP contribution in [0.5, 0.6) is 5.75 Å². The van der Waals surface area contributed by atoms with Crippen LogP contribution in [0.15, 0.2) is 42.0 Å². The quantitative estimate of drug-likeness (QED) is 0.906. The second kappa shape index (κ2) is 6.48. The second-order valence-corrected chi connectivity index (χ2v) is 7.46. The maximum Gasteiger partial charge on any atom is 0.263 e. The van der Waals surface area contributed by atoms with E-state index in [4.69, 9.17) is 4.74 Å². The first-order valence-electron chi connectivity index (χ1n) is 8.33. The van der Waals surface area contributed by atoms with Gasteiger partial charge in [0.05, 0.1) is 23.1 Å². The molecule has 2 aromatic rings. The Morgan fingerprint density at radius 2 is 2.36 bits per heavy atom. The molecule has 130 valence electrons. The molecule has 2 aliphatic rings. The molecule has 0 radical (unpaired) electrons. The van der Waals surface area contributed by atoms with Crippen molar-refractivity contribution in [1.29, 1.82) is 0 Å². The molecule has 2 saturated heterocycles. The first-order chi connectivity index (χ1) is 12.2. The molecule has 4 heterocycles. The number of hydrogen-bond acceptors (Lipinski definition) is 5. The lowest BCUT2D eigenvalue weighted by molar-refractivity contribution is -0.128. The summed E-state index contributed by atoms with van der Waals surface area (Å²) in [7, 11) is 0. The van der Waals surface area contributed by atoms with Crippen LogP contribution in [0.25, 0.3) is 0 Å². The average molecular weight is 357 g/mol. The van der Waals surface area contributed by atoms with E-state index in [2.05, 4.69) is 10.3 Å². The predicted molar refractivity (Wildman–Crippen MR) is 93.5 cm³/mol. The highest BCUT2D eigenvalue weighted by atomic mass is 32.1. The van der Waals surface area contributed by atoms with Crippen LogP contribution in [0, 0.1) is 11.3 Å². The Bertz CT molecular complexity index is 765. The monoisotopic (exact) mass is 357 g/mol. The highest BCUT2D eigenvalue weighted by molar-refractivity contribution is 7.12. The SMILES string of the molecule is O=C(c1cccs1)N1CC[C@@]2(C1)C(=O)NC[C@H]2COc1cccnc1. The van der Waals surface area contributed by atoms with Gasteiger partial charge in [0.2, 0.25) is 5.91 Å². The molecular formula is C18H19N3O3S. The number of nitrogens with zero attached hydrogens (tertiary/aromatic N) is 2. The summed E-state index contributed by atoms with van der Waals surface area (Å²) in [6.45, 7) is 2.08. The van der Waals surface area contributed by atoms with Gasteiger partial charge in [-0.1, -0.05) is 6.07 Å². The summed E-state index contributed by atoms with van der Waals surface area (Å²) < 4.78 is 5.84. The zero-order valence-electron chi connectivity index (χ0n) is 13.7. The van der Waals surface area contributed by atoms with Crippen LogP contribution in [0.4, 0.5) is 0 Å². The molecule has 1 N–H and O–H groups in total. The van der Waals surface area contributed by atoms with Crippen molar-refractivity contribution < 1.29 is 14.3 Å². The fraction of sp³-hybridized carbons (Fsp3) is 0.389. The molecule has 0 aromatic carbocycles. The summed E-state index contributed by atoms with van der Waals surface area (Å²) >= 11 is 1.43. The largest absolute Gasteiger partial charge is 0.492 e. The van der Waals surface area contributed by atoms with E-state index in [9.17, 15) is 9.59 Å². The van der Waals surface area contributed by atoms with Crippen molar-refractivity contribution in [3.63, 3.8) is 0 Å². The van der Waals surface area contributed by atoms with E-state index in [1.807, 2.05) is 29.6 Å². The first-order valence-corrected chi connectivity index (χ1v) is 9.21. The highest BCUT2D eigenvalue weighted by Crippen LogP contribution is 2.42. The van der Waals surface area contributed by atoms with Gasteiger partial charge in [0.15, 0.2) is 0 Å². The third kappa shape index (κ3) is 2.89. The minimum atomic E-state index is -0.546. The van der Waals surface area contributed by atoms with Crippen molar-refractivity contribution in [3.05, 3.63) is 46.9 Å². The van der Waals surface area contributed by atoms with Crippen molar-refractivity contribution in [2.45, 2.75) is 6.42 Å². The summed E-state index contributed by atoms with van der Waals surface area (Å²) in [4.78, 5) is 31.7. The zero-order chi connectivity index (χ0) is 17.3. The number of carbonyl (C=O) groups excluding carboxylic acids is 2. The molecule has 2 aromatic heterocycles. The van der Waals surface area contributed by atoms with Gasteiger partial charge in [-0.3, -0.25) is 14.6 Å². The van der Waals surface area contributed by atoms with Gasteiger partial charge in [-0.05, 0) is 30.0 Å². The molecule has 6 nitrogen and oxygen atoms in total. The third-order valence-corrected chi connectivity index (χ3v) is 6.01. The van der Waals surface area contributed by atoms with Gasteiger partial charge < -0.3 is 15.0 Å². The summed E-state index contributed by atoms with van der Waals surface area (Å²) in [6, 6.07) is 7.37. The number of aromatic nitrogens is 1. The van der Waals surface area contributed by atoms with Crippen LogP contribution >= 0.6 is 11.3 Å². The maximum absolute atomic E-state index is 12.6. The summed E-state index contributed by atoms with van der Waals surface area (Å²) in [5, 5.41) is 4.86. The van der Waals surface area contributed by atoms with Crippen LogP contribution in [-0.2, 0) is 4.79 Å². The number of pyridine rings is 1. The second-order valence-electron chi connectivity index (χ2n) is 6.52. The molecule has 2 atom stereocenters. The topological polar surface area (TPSA) is 71.5 Å². The molecule has 1 spiro atoms. The van der Waals surface area contributed by atoms with Gasteiger partial charge in [-0.15, -0.1) is 11.3 Å². The Labute approximate surface area is 149 Å². The third-order valence-electron chi connectivity index (χ3n) is 5.15. The van der Waals surface area contributed by atoms with Gasteiger partial charge in [0.25, 0.3) is 5.91 Å². The first kappa shape index (κ1) is 16.1. The lowest BCUT2D eigenvalue weighted by Crippen LogP contribution is -2.41. The molecule has 2 fully saturated rings. The Kier molecular flexibility index (Phi) is 4.17. The molecule has 4 rings (SSSR count). The number of rotatable bonds is 4. The highest BCUT2D eigenvalue weighted by Gasteiger charge is 2.55. The molecule has 0 bridgehead atoms. The van der Waals surface area contributed by atoms with E-state index >= 15 is 0 Å². The van der Waals surface area contributed by atoms with Crippen molar-refractivity contribution in [2.75, 3.05) is 26.2 Å². The van der Waals surface area contributed by atoms with Crippen molar-refractivity contribution in [3.8, 4) is 5.75 Å². The summed E-state index contributed by atoms with van der Waals surface area (Å²) in [6.07, 6.45) is 4.04. The van der Waals surface area contributed by atoms with Gasteiger partial charge in [0.1, 0.15) is 5.75 Å². The van der Waals surface area contributed by atoms with Crippen LogP contribution in [0.1, 0.15) is 16.1 Å². The smallest absolute Gasteiger partial charge is 0.263 e. The van der Waals surface area contributed by atoms with Gasteiger partial charge >= 0.3 is 0 Å². The predicted octanol–water partition coefficient (Wildman–Crippen LogP) is 1.80. The number of carbonyl (C=O) groups is 2. The molecule has 2 amide bonds. The van der Waals surface area contributed by atoms with Gasteiger partial charge in [0, 0.05) is 31.7 Å². The van der Waals surface area contributed by atoms with E-state index in [1.165, 1.54) is 11.3 Å². The molecule has 2 aliphatic heterocycles. The Morgan fingerprint density at radius 3 is 3.12 bits per heavy atom. The van der Waals surface area contributed by atoms with Crippen LogP contribution in [0.3, 0.4) is 0 Å². The van der Waals surface area contributed by atoms with Crippen molar-refractivity contribution in [2.24, 2.45) is 11.3 Å². The summed E-state index contributed by atoms with van der Waals surface area (Å²) in [5.74, 6) is 0.787. The fourth-order valence-corrected chi connectivity index (χ4v) is 4.39. The minimum absolute atomic E-state index is 0.0125. The van der Waals surface area contributed by atoms with Crippen LogP contribution < -0.4 is 10.1 Å². The number of likely N-dealkylation sites (tertiary alicyclic amines) is 1. The van der Waals surface area contributed by atoms with Gasteiger partial charge in [-0.2, -0.15) is 0 Å². The number of thiophene rings is 1. The number of hydrogen-bond donors (Lipinski definition) is 1. The molecule has 0 aliphatic carbocycles.